The van der Waals surface area contributed by atoms with Gasteiger partial charge in [-0.25, -0.2) is 4.57 Å². The Labute approximate surface area is 293 Å². The molecule has 0 saturated carbocycles. The van der Waals surface area contributed by atoms with Crippen LogP contribution in [0.15, 0.2) is 60.7 Å². The second kappa shape index (κ2) is 15.9. The second-order valence-electron chi connectivity index (χ2n) is 17.2. The molecular formula is C43H65O4P. The third kappa shape index (κ3) is 10.9. The van der Waals surface area contributed by atoms with Crippen LogP contribution in [0.25, 0.3) is 0 Å². The molecule has 3 rings (SSSR count). The van der Waals surface area contributed by atoms with E-state index in [9.17, 15) is 9.67 Å². The van der Waals surface area contributed by atoms with Gasteiger partial charge in [-0.3, -0.25) is 0 Å². The van der Waals surface area contributed by atoms with Gasteiger partial charge in [-0.2, -0.15) is 0 Å². The van der Waals surface area contributed by atoms with Gasteiger partial charge in [-0.1, -0.05) is 158 Å². The van der Waals surface area contributed by atoms with Crippen LogP contribution in [0.2, 0.25) is 0 Å². The maximum atomic E-state index is 14.9. The summed E-state index contributed by atoms with van der Waals surface area (Å²) in [5.41, 5.74) is 4.38. The molecule has 0 amide bonds. The van der Waals surface area contributed by atoms with Crippen LogP contribution in [-0.2, 0) is 32.4 Å². The fourth-order valence-corrected chi connectivity index (χ4v) is 8.10. The Hall–Kier alpha value is -2.71. The van der Waals surface area contributed by atoms with Crippen molar-refractivity contribution >= 4 is 7.60 Å². The van der Waals surface area contributed by atoms with Crippen molar-refractivity contribution < 1.29 is 18.7 Å². The summed E-state index contributed by atoms with van der Waals surface area (Å²) in [5.74, 6) is 1.33. The fourth-order valence-electron chi connectivity index (χ4n) is 6.41. The minimum Gasteiger partial charge on any atom is -0.507 e. The average Bonchev–Trinajstić information content (AvgIpc) is 2.97. The molecule has 0 atom stereocenters. The first-order chi connectivity index (χ1) is 22.2. The van der Waals surface area contributed by atoms with Gasteiger partial charge in [-0.15, -0.1) is 0 Å². The van der Waals surface area contributed by atoms with E-state index in [1.807, 2.05) is 36.4 Å². The minimum absolute atomic E-state index is 0.0404. The standard InChI is InChI=1S/C43H65O4P/c1-13-15-17-27-42(9,10)33-19-23-35(24-20-33)46-48(45,47-36-25-21-34(22-26-36)43(11,12)28-18-16-14-2)31-32-29-37(40(3,4)5)39(44)38(30-32)41(6,7)8/h19-26,29-30,44H,13-18,27-28,31H2,1-12H3. The highest BCUT2D eigenvalue weighted by Gasteiger charge is 2.33. The average molecular weight is 677 g/mol. The zero-order chi connectivity index (χ0) is 36.0. The zero-order valence-corrected chi connectivity index (χ0v) is 33.2. The maximum absolute atomic E-state index is 14.9. The van der Waals surface area contributed by atoms with Gasteiger partial charge < -0.3 is 14.2 Å². The molecule has 0 aromatic heterocycles. The lowest BCUT2D eigenvalue weighted by Gasteiger charge is -2.29. The summed E-state index contributed by atoms with van der Waals surface area (Å²) in [6.07, 6.45) is 9.54. The van der Waals surface area contributed by atoms with E-state index in [0.29, 0.717) is 17.2 Å². The smallest absolute Gasteiger partial charge is 0.435 e. The number of aromatic hydroxyl groups is 1. The number of hydrogen-bond donors (Lipinski definition) is 1. The molecule has 0 radical (unpaired) electrons. The normalized spacial score (nSPS) is 13.1. The number of benzene rings is 3. The summed E-state index contributed by atoms with van der Waals surface area (Å²) < 4.78 is 27.7. The van der Waals surface area contributed by atoms with Gasteiger partial charge >= 0.3 is 7.60 Å². The number of rotatable bonds is 16. The number of unbranched alkanes of at least 4 members (excludes halogenated alkanes) is 4. The molecular weight excluding hydrogens is 611 g/mol. The van der Waals surface area contributed by atoms with Crippen LogP contribution in [0.4, 0.5) is 0 Å². The number of hydrogen-bond acceptors (Lipinski definition) is 4. The van der Waals surface area contributed by atoms with Gasteiger partial charge in [0.05, 0.1) is 6.16 Å². The second-order valence-corrected chi connectivity index (χ2v) is 19.1. The molecule has 0 heterocycles. The maximum Gasteiger partial charge on any atom is 0.435 e. The molecule has 0 saturated heterocycles. The Morgan fingerprint density at radius 2 is 0.938 bits per heavy atom. The third-order valence-corrected chi connectivity index (χ3v) is 11.5. The summed E-state index contributed by atoms with van der Waals surface area (Å²) in [4.78, 5) is 0. The Balaban J connectivity index is 2.02. The molecule has 0 aliphatic heterocycles. The predicted molar refractivity (Wildman–Crippen MR) is 205 cm³/mol. The van der Waals surface area contributed by atoms with E-state index >= 15 is 0 Å². The Morgan fingerprint density at radius 1 is 0.583 bits per heavy atom. The van der Waals surface area contributed by atoms with Crippen LogP contribution < -0.4 is 9.05 Å². The van der Waals surface area contributed by atoms with E-state index in [4.69, 9.17) is 9.05 Å². The molecule has 3 aromatic rings. The van der Waals surface area contributed by atoms with Crippen molar-refractivity contribution in [2.75, 3.05) is 0 Å². The van der Waals surface area contributed by atoms with Crippen LogP contribution in [0.3, 0.4) is 0 Å². The molecule has 266 valence electrons. The third-order valence-electron chi connectivity index (χ3n) is 9.73. The van der Waals surface area contributed by atoms with Gasteiger partial charge in [0.15, 0.2) is 0 Å². The van der Waals surface area contributed by atoms with Crippen LogP contribution >= 0.6 is 7.60 Å². The van der Waals surface area contributed by atoms with Crippen LogP contribution in [0.5, 0.6) is 17.2 Å². The lowest BCUT2D eigenvalue weighted by molar-refractivity contribution is 0.383. The topological polar surface area (TPSA) is 55.8 Å². The Kier molecular flexibility index (Phi) is 13.1. The fraction of sp³-hybridized carbons (Fsp3) is 0.581. The first-order valence-electron chi connectivity index (χ1n) is 18.3. The monoisotopic (exact) mass is 676 g/mol. The largest absolute Gasteiger partial charge is 0.507 e. The molecule has 48 heavy (non-hydrogen) atoms. The minimum atomic E-state index is -3.78. The predicted octanol–water partition coefficient (Wildman–Crippen LogP) is 13.6. The molecule has 3 aromatic carbocycles. The van der Waals surface area contributed by atoms with Crippen molar-refractivity contribution in [1.29, 1.82) is 0 Å². The van der Waals surface area contributed by atoms with Crippen LogP contribution in [0, 0.1) is 0 Å². The van der Waals surface area contributed by atoms with Gasteiger partial charge in [0.25, 0.3) is 0 Å². The lowest BCUT2D eigenvalue weighted by atomic mass is 9.78. The van der Waals surface area contributed by atoms with Crippen LogP contribution in [-0.4, -0.2) is 5.11 Å². The molecule has 0 fully saturated rings. The lowest BCUT2D eigenvalue weighted by Crippen LogP contribution is -2.18. The van der Waals surface area contributed by atoms with Gasteiger partial charge in [-0.05, 0) is 86.6 Å². The van der Waals surface area contributed by atoms with Gasteiger partial charge in [0.2, 0.25) is 0 Å². The van der Waals surface area contributed by atoms with Crippen molar-refractivity contribution in [2.45, 2.75) is 162 Å². The van der Waals surface area contributed by atoms with E-state index in [2.05, 4.69) is 107 Å². The molecule has 0 aliphatic rings. The van der Waals surface area contributed by atoms with E-state index < -0.39 is 7.60 Å². The molecule has 5 heteroatoms. The molecule has 0 bridgehead atoms. The van der Waals surface area contributed by atoms with E-state index in [0.717, 1.165) is 29.5 Å². The Morgan fingerprint density at radius 3 is 1.25 bits per heavy atom. The van der Waals surface area contributed by atoms with Crippen LogP contribution in [0.1, 0.15) is 162 Å². The summed E-state index contributed by atoms with van der Waals surface area (Å²) in [6.45, 7) is 26.1. The van der Waals surface area contributed by atoms with Gasteiger partial charge in [0, 0.05) is 0 Å². The highest BCUT2D eigenvalue weighted by molar-refractivity contribution is 7.53. The van der Waals surface area contributed by atoms with Gasteiger partial charge in [0.1, 0.15) is 17.2 Å². The van der Waals surface area contributed by atoms with Crippen molar-refractivity contribution in [3.05, 3.63) is 88.5 Å². The SMILES string of the molecule is CCCCCC(C)(C)c1ccc(OP(=O)(Cc2cc(C(C)(C)C)c(O)c(C(C)(C)C)c2)Oc2ccc(C(C)(C)CCCCC)cc2)cc1. The van der Waals surface area contributed by atoms with Crippen molar-refractivity contribution in [3.63, 3.8) is 0 Å². The molecule has 1 N–H and O–H groups in total. The molecule has 4 nitrogen and oxygen atoms in total. The van der Waals surface area contributed by atoms with E-state index in [1.54, 1.807) is 0 Å². The quantitative estimate of drug-likeness (QED) is 0.121. The first kappa shape index (κ1) is 39.7. The number of phenols is 1. The molecule has 0 spiro atoms. The number of phenolic OH excluding ortho intramolecular Hbond substituents is 1. The molecule has 0 aliphatic carbocycles. The summed E-state index contributed by atoms with van der Waals surface area (Å²) in [5, 5.41) is 11.3. The Bertz CT molecular complexity index is 1400. The zero-order valence-electron chi connectivity index (χ0n) is 32.3. The summed E-state index contributed by atoms with van der Waals surface area (Å²) in [6, 6.07) is 20.0. The highest BCUT2D eigenvalue weighted by atomic mass is 31.2. The summed E-state index contributed by atoms with van der Waals surface area (Å²) >= 11 is 0. The van der Waals surface area contributed by atoms with E-state index in [-0.39, 0.29) is 27.8 Å². The van der Waals surface area contributed by atoms with Crippen molar-refractivity contribution in [2.24, 2.45) is 0 Å². The van der Waals surface area contributed by atoms with Crippen molar-refractivity contribution in [3.8, 4) is 17.2 Å². The van der Waals surface area contributed by atoms with Crippen molar-refractivity contribution in [1.82, 2.24) is 0 Å². The summed E-state index contributed by atoms with van der Waals surface area (Å²) in [7, 11) is -3.78. The van der Waals surface area contributed by atoms with E-state index in [1.165, 1.54) is 49.7 Å². The first-order valence-corrected chi connectivity index (χ1v) is 20.0. The highest BCUT2D eigenvalue weighted by Crippen LogP contribution is 2.53. The molecule has 0 unspecified atom stereocenters.